The van der Waals surface area contributed by atoms with Gasteiger partial charge < -0.3 is 16.2 Å². The Labute approximate surface area is 97.7 Å². The molecule has 0 radical (unpaired) electrons. The Morgan fingerprint density at radius 2 is 2.19 bits per heavy atom. The van der Waals surface area contributed by atoms with Crippen LogP contribution in [0.4, 0.5) is 11.4 Å². The van der Waals surface area contributed by atoms with Crippen molar-refractivity contribution in [1.82, 2.24) is 0 Å². The van der Waals surface area contributed by atoms with Gasteiger partial charge in [-0.2, -0.15) is 0 Å². The number of anilines is 2. The first kappa shape index (κ1) is 12.8. The second-order valence-electron chi connectivity index (χ2n) is 4.21. The minimum atomic E-state index is 0.253. The first-order valence-electron chi connectivity index (χ1n) is 5.88. The van der Waals surface area contributed by atoms with Gasteiger partial charge in [0.05, 0.1) is 11.4 Å². The number of aliphatic hydroxyl groups excluding tert-OH is 1. The monoisotopic (exact) mass is 222 g/mol. The summed E-state index contributed by atoms with van der Waals surface area (Å²) in [5, 5.41) is 12.3. The molecular weight excluding hydrogens is 200 g/mol. The van der Waals surface area contributed by atoms with Gasteiger partial charge in [0.15, 0.2) is 0 Å². The maximum Gasteiger partial charge on any atom is 0.0603 e. The number of para-hydroxylation sites is 1. The zero-order valence-corrected chi connectivity index (χ0v) is 10.2. The quantitative estimate of drug-likeness (QED) is 0.648. The Morgan fingerprint density at radius 1 is 1.44 bits per heavy atom. The van der Waals surface area contributed by atoms with E-state index >= 15 is 0 Å². The van der Waals surface area contributed by atoms with Gasteiger partial charge in [-0.05, 0) is 30.9 Å². The molecule has 0 bridgehead atoms. The van der Waals surface area contributed by atoms with Crippen molar-refractivity contribution in [3.05, 3.63) is 23.8 Å². The average molecular weight is 222 g/mol. The first-order chi connectivity index (χ1) is 7.69. The van der Waals surface area contributed by atoms with Crippen molar-refractivity contribution < 1.29 is 5.11 Å². The van der Waals surface area contributed by atoms with Gasteiger partial charge in [-0.15, -0.1) is 0 Å². The van der Waals surface area contributed by atoms with Gasteiger partial charge >= 0.3 is 0 Å². The van der Waals surface area contributed by atoms with Gasteiger partial charge in [-0.1, -0.05) is 25.5 Å². The lowest BCUT2D eigenvalue weighted by atomic mass is 10.0. The molecule has 0 aliphatic carbocycles. The molecule has 0 amide bonds. The molecule has 1 rings (SSSR count). The van der Waals surface area contributed by atoms with E-state index in [9.17, 15) is 0 Å². The molecule has 0 spiro atoms. The van der Waals surface area contributed by atoms with Crippen molar-refractivity contribution in [2.24, 2.45) is 5.92 Å². The smallest absolute Gasteiger partial charge is 0.0603 e. The summed E-state index contributed by atoms with van der Waals surface area (Å²) in [6.45, 7) is 5.31. The molecule has 0 aromatic heterocycles. The highest BCUT2D eigenvalue weighted by molar-refractivity contribution is 5.69. The van der Waals surface area contributed by atoms with Crippen molar-refractivity contribution in [2.45, 2.75) is 26.7 Å². The Hall–Kier alpha value is -1.22. The normalized spacial score (nSPS) is 12.4. The topological polar surface area (TPSA) is 58.3 Å². The van der Waals surface area contributed by atoms with Crippen LogP contribution in [0.3, 0.4) is 0 Å². The van der Waals surface area contributed by atoms with Crippen LogP contribution in [0.1, 0.15) is 25.3 Å². The average Bonchev–Trinajstić information content (AvgIpc) is 2.27. The minimum Gasteiger partial charge on any atom is -0.397 e. The number of nitrogens with one attached hydrogen (secondary N) is 1. The van der Waals surface area contributed by atoms with E-state index in [2.05, 4.69) is 12.2 Å². The van der Waals surface area contributed by atoms with Crippen molar-refractivity contribution >= 4 is 11.4 Å². The van der Waals surface area contributed by atoms with Crippen LogP contribution < -0.4 is 11.1 Å². The fourth-order valence-corrected chi connectivity index (χ4v) is 1.81. The highest BCUT2D eigenvalue weighted by Crippen LogP contribution is 2.23. The van der Waals surface area contributed by atoms with E-state index in [1.54, 1.807) is 0 Å². The van der Waals surface area contributed by atoms with E-state index in [4.69, 9.17) is 10.8 Å². The number of hydrogen-bond donors (Lipinski definition) is 3. The van der Waals surface area contributed by atoms with Crippen molar-refractivity contribution in [2.75, 3.05) is 24.2 Å². The molecule has 90 valence electrons. The van der Waals surface area contributed by atoms with Crippen LogP contribution in [-0.4, -0.2) is 18.3 Å². The Morgan fingerprint density at radius 3 is 2.75 bits per heavy atom. The first-order valence-corrected chi connectivity index (χ1v) is 5.88. The molecule has 0 saturated carbocycles. The van der Waals surface area contributed by atoms with Crippen LogP contribution in [0, 0.1) is 12.8 Å². The zero-order chi connectivity index (χ0) is 12.0. The summed E-state index contributed by atoms with van der Waals surface area (Å²) < 4.78 is 0. The summed E-state index contributed by atoms with van der Waals surface area (Å²) in [5.41, 5.74) is 8.89. The van der Waals surface area contributed by atoms with Crippen LogP contribution in [-0.2, 0) is 0 Å². The molecule has 1 aromatic rings. The van der Waals surface area contributed by atoms with Gasteiger partial charge in [0.1, 0.15) is 0 Å². The van der Waals surface area contributed by atoms with Gasteiger partial charge in [0.25, 0.3) is 0 Å². The van der Waals surface area contributed by atoms with E-state index < -0.39 is 0 Å². The summed E-state index contributed by atoms with van der Waals surface area (Å²) in [4.78, 5) is 0. The molecule has 16 heavy (non-hydrogen) atoms. The van der Waals surface area contributed by atoms with Crippen LogP contribution >= 0.6 is 0 Å². The number of aryl methyl sites for hydroxylation is 1. The molecular formula is C13H22N2O. The number of hydrogen-bond acceptors (Lipinski definition) is 3. The summed E-state index contributed by atoms with van der Waals surface area (Å²) >= 11 is 0. The summed E-state index contributed by atoms with van der Waals surface area (Å²) in [6.07, 6.45) is 1.91. The van der Waals surface area contributed by atoms with E-state index in [1.165, 1.54) is 5.56 Å². The standard InChI is InChI=1S/C13H22N2O/c1-3-11(7-8-16)9-15-13-10(2)5-4-6-12(13)14/h4-6,11,15-16H,3,7-9,14H2,1-2H3. The fourth-order valence-electron chi connectivity index (χ4n) is 1.81. The van der Waals surface area contributed by atoms with Crippen LogP contribution in [0.2, 0.25) is 0 Å². The van der Waals surface area contributed by atoms with Crippen molar-refractivity contribution in [3.63, 3.8) is 0 Å². The number of nitrogen functional groups attached to an aromatic ring is 1. The van der Waals surface area contributed by atoms with E-state index in [-0.39, 0.29) is 6.61 Å². The van der Waals surface area contributed by atoms with Crippen molar-refractivity contribution in [1.29, 1.82) is 0 Å². The van der Waals surface area contributed by atoms with E-state index in [0.29, 0.717) is 5.92 Å². The molecule has 4 N–H and O–H groups in total. The molecule has 0 heterocycles. The lowest BCUT2D eigenvalue weighted by molar-refractivity contribution is 0.258. The summed E-state index contributed by atoms with van der Waals surface area (Å²) in [7, 11) is 0. The summed E-state index contributed by atoms with van der Waals surface area (Å²) in [6, 6.07) is 5.91. The van der Waals surface area contributed by atoms with Crippen molar-refractivity contribution in [3.8, 4) is 0 Å². The predicted molar refractivity (Wildman–Crippen MR) is 69.6 cm³/mol. The largest absolute Gasteiger partial charge is 0.397 e. The van der Waals surface area contributed by atoms with Gasteiger partial charge in [-0.25, -0.2) is 0 Å². The fraction of sp³-hybridized carbons (Fsp3) is 0.538. The molecule has 3 heteroatoms. The van der Waals surface area contributed by atoms with Gasteiger partial charge in [-0.3, -0.25) is 0 Å². The maximum atomic E-state index is 8.92. The Bertz CT molecular complexity index is 305. The molecule has 0 aliphatic heterocycles. The number of aliphatic hydroxyl groups is 1. The third-order valence-corrected chi connectivity index (χ3v) is 2.99. The third-order valence-electron chi connectivity index (χ3n) is 2.99. The molecule has 1 unspecified atom stereocenters. The van der Waals surface area contributed by atoms with Gasteiger partial charge in [0, 0.05) is 13.2 Å². The number of rotatable bonds is 6. The van der Waals surface area contributed by atoms with Crippen LogP contribution in [0.15, 0.2) is 18.2 Å². The highest BCUT2D eigenvalue weighted by atomic mass is 16.3. The maximum absolute atomic E-state index is 8.92. The molecule has 0 aliphatic rings. The van der Waals surface area contributed by atoms with Crippen LogP contribution in [0.5, 0.6) is 0 Å². The molecule has 1 atom stereocenters. The molecule has 1 aromatic carbocycles. The third kappa shape index (κ3) is 3.42. The Balaban J connectivity index is 2.59. The number of nitrogens with two attached hydrogens (primary N) is 1. The lowest BCUT2D eigenvalue weighted by Gasteiger charge is -2.17. The van der Waals surface area contributed by atoms with Gasteiger partial charge in [0.2, 0.25) is 0 Å². The zero-order valence-electron chi connectivity index (χ0n) is 10.2. The molecule has 0 saturated heterocycles. The van der Waals surface area contributed by atoms with E-state index in [1.807, 2.05) is 25.1 Å². The Kier molecular flexibility index (Phi) is 5.12. The highest BCUT2D eigenvalue weighted by Gasteiger charge is 2.07. The minimum absolute atomic E-state index is 0.253. The second kappa shape index (κ2) is 6.38. The SMILES string of the molecule is CCC(CCO)CNc1c(C)cccc1N. The molecule has 0 fully saturated rings. The number of benzene rings is 1. The van der Waals surface area contributed by atoms with Crippen LogP contribution in [0.25, 0.3) is 0 Å². The predicted octanol–water partition coefficient (Wildman–Crippen LogP) is 2.40. The molecule has 3 nitrogen and oxygen atoms in total. The summed E-state index contributed by atoms with van der Waals surface area (Å²) in [5.74, 6) is 0.504. The second-order valence-corrected chi connectivity index (χ2v) is 4.21. The van der Waals surface area contributed by atoms with E-state index in [0.717, 1.165) is 30.8 Å². The lowest BCUT2D eigenvalue weighted by Crippen LogP contribution is -2.16.